The third-order valence-electron chi connectivity index (χ3n) is 4.06. The molecular formula is C16H29N3S. The smallest absolute Gasteiger partial charge is 0.186 e. The molecule has 0 radical (unpaired) electrons. The summed E-state index contributed by atoms with van der Waals surface area (Å²) in [5.41, 5.74) is 1.33. The summed E-state index contributed by atoms with van der Waals surface area (Å²) in [7, 11) is 0. The van der Waals surface area contributed by atoms with Gasteiger partial charge in [-0.1, -0.05) is 27.2 Å². The molecular weight excluding hydrogens is 266 g/mol. The Labute approximate surface area is 127 Å². The molecule has 1 fully saturated rings. The van der Waals surface area contributed by atoms with E-state index in [-0.39, 0.29) is 0 Å². The number of aryl methyl sites for hydroxylation is 1. The molecule has 1 saturated heterocycles. The van der Waals surface area contributed by atoms with Gasteiger partial charge in [0.25, 0.3) is 0 Å². The molecule has 0 bridgehead atoms. The quantitative estimate of drug-likeness (QED) is 0.735. The van der Waals surface area contributed by atoms with Gasteiger partial charge in [0.2, 0.25) is 0 Å². The molecule has 1 aliphatic rings. The standard InChI is InChI=1S/C16H29N3S/c1-4-8-14-15(12-17-10-5-2)20-16(18-14)19-11-7-9-13(19)6-3/h13,17H,4-12H2,1-3H3. The van der Waals surface area contributed by atoms with Crippen molar-refractivity contribution in [2.24, 2.45) is 0 Å². The molecule has 0 aliphatic carbocycles. The van der Waals surface area contributed by atoms with E-state index in [1.54, 1.807) is 0 Å². The van der Waals surface area contributed by atoms with Crippen LogP contribution in [0, 0.1) is 0 Å². The van der Waals surface area contributed by atoms with Gasteiger partial charge in [0.1, 0.15) is 0 Å². The highest BCUT2D eigenvalue weighted by Crippen LogP contribution is 2.33. The summed E-state index contributed by atoms with van der Waals surface area (Å²) in [4.78, 5) is 8.97. The van der Waals surface area contributed by atoms with Crippen LogP contribution in [-0.4, -0.2) is 24.1 Å². The Morgan fingerprint density at radius 1 is 1.30 bits per heavy atom. The number of thiazole rings is 1. The van der Waals surface area contributed by atoms with E-state index in [2.05, 4.69) is 31.0 Å². The summed E-state index contributed by atoms with van der Waals surface area (Å²) < 4.78 is 0. The minimum Gasteiger partial charge on any atom is -0.345 e. The largest absolute Gasteiger partial charge is 0.345 e. The molecule has 1 aromatic rings. The van der Waals surface area contributed by atoms with E-state index in [9.17, 15) is 0 Å². The lowest BCUT2D eigenvalue weighted by molar-refractivity contribution is 0.643. The van der Waals surface area contributed by atoms with Gasteiger partial charge in [0, 0.05) is 24.0 Å². The number of nitrogens with zero attached hydrogens (tertiary/aromatic N) is 2. The number of rotatable bonds is 8. The van der Waals surface area contributed by atoms with Crippen LogP contribution in [0.1, 0.15) is 63.4 Å². The third kappa shape index (κ3) is 3.73. The first-order valence-electron chi connectivity index (χ1n) is 8.26. The van der Waals surface area contributed by atoms with Crippen LogP contribution >= 0.6 is 11.3 Å². The van der Waals surface area contributed by atoms with Crippen LogP contribution < -0.4 is 10.2 Å². The Morgan fingerprint density at radius 2 is 2.15 bits per heavy atom. The maximum atomic E-state index is 4.96. The zero-order chi connectivity index (χ0) is 14.4. The fraction of sp³-hybridized carbons (Fsp3) is 0.812. The van der Waals surface area contributed by atoms with Crippen molar-refractivity contribution < 1.29 is 0 Å². The molecule has 0 spiro atoms. The highest BCUT2D eigenvalue weighted by Gasteiger charge is 2.26. The Morgan fingerprint density at radius 3 is 2.85 bits per heavy atom. The van der Waals surface area contributed by atoms with E-state index in [1.807, 2.05) is 11.3 Å². The van der Waals surface area contributed by atoms with Gasteiger partial charge in [-0.3, -0.25) is 0 Å². The number of hydrogen-bond donors (Lipinski definition) is 1. The summed E-state index contributed by atoms with van der Waals surface area (Å²) in [6.07, 6.45) is 7.39. The fourth-order valence-corrected chi connectivity index (χ4v) is 4.13. The molecule has 0 amide bonds. The molecule has 2 rings (SSSR count). The highest BCUT2D eigenvalue weighted by molar-refractivity contribution is 7.15. The first kappa shape index (κ1) is 15.8. The van der Waals surface area contributed by atoms with E-state index in [1.165, 1.54) is 54.4 Å². The van der Waals surface area contributed by atoms with E-state index in [0.29, 0.717) is 6.04 Å². The van der Waals surface area contributed by atoms with Crippen molar-refractivity contribution >= 4 is 16.5 Å². The van der Waals surface area contributed by atoms with Crippen molar-refractivity contribution in [2.45, 2.75) is 71.9 Å². The first-order chi connectivity index (χ1) is 9.80. The molecule has 1 aromatic heterocycles. The Hall–Kier alpha value is -0.610. The van der Waals surface area contributed by atoms with Crippen molar-refractivity contribution in [2.75, 3.05) is 18.0 Å². The van der Waals surface area contributed by atoms with Crippen molar-refractivity contribution in [1.82, 2.24) is 10.3 Å². The maximum Gasteiger partial charge on any atom is 0.186 e. The third-order valence-corrected chi connectivity index (χ3v) is 5.19. The highest BCUT2D eigenvalue weighted by atomic mass is 32.1. The van der Waals surface area contributed by atoms with Gasteiger partial charge in [-0.15, -0.1) is 11.3 Å². The van der Waals surface area contributed by atoms with Crippen LogP contribution in [-0.2, 0) is 13.0 Å². The minimum atomic E-state index is 0.715. The molecule has 0 aromatic carbocycles. The average molecular weight is 295 g/mol. The molecule has 1 atom stereocenters. The Balaban J connectivity index is 2.11. The predicted molar refractivity (Wildman–Crippen MR) is 88.8 cm³/mol. The van der Waals surface area contributed by atoms with E-state index < -0.39 is 0 Å². The van der Waals surface area contributed by atoms with Crippen LogP contribution in [0.3, 0.4) is 0 Å². The molecule has 0 saturated carbocycles. The van der Waals surface area contributed by atoms with Crippen LogP contribution in [0.15, 0.2) is 0 Å². The minimum absolute atomic E-state index is 0.715. The van der Waals surface area contributed by atoms with Gasteiger partial charge in [0.15, 0.2) is 5.13 Å². The van der Waals surface area contributed by atoms with Crippen LogP contribution in [0.25, 0.3) is 0 Å². The van der Waals surface area contributed by atoms with Crippen molar-refractivity contribution in [3.05, 3.63) is 10.6 Å². The first-order valence-corrected chi connectivity index (χ1v) is 9.07. The zero-order valence-corrected chi connectivity index (χ0v) is 14.1. The zero-order valence-electron chi connectivity index (χ0n) is 13.2. The van der Waals surface area contributed by atoms with Gasteiger partial charge < -0.3 is 10.2 Å². The average Bonchev–Trinajstić information content (AvgIpc) is 3.06. The van der Waals surface area contributed by atoms with Crippen molar-refractivity contribution in [3.63, 3.8) is 0 Å². The summed E-state index contributed by atoms with van der Waals surface area (Å²) in [5.74, 6) is 0. The Bertz CT molecular complexity index is 402. The van der Waals surface area contributed by atoms with Crippen molar-refractivity contribution in [3.8, 4) is 0 Å². The van der Waals surface area contributed by atoms with Crippen LogP contribution in [0.4, 0.5) is 5.13 Å². The number of nitrogens with one attached hydrogen (secondary N) is 1. The molecule has 1 aliphatic heterocycles. The van der Waals surface area contributed by atoms with Gasteiger partial charge in [-0.2, -0.15) is 0 Å². The monoisotopic (exact) mass is 295 g/mol. The number of hydrogen-bond acceptors (Lipinski definition) is 4. The maximum absolute atomic E-state index is 4.96. The molecule has 1 N–H and O–H groups in total. The van der Waals surface area contributed by atoms with E-state index >= 15 is 0 Å². The second-order valence-corrected chi connectivity index (χ2v) is 6.75. The second-order valence-electron chi connectivity index (χ2n) is 5.69. The molecule has 3 nitrogen and oxygen atoms in total. The van der Waals surface area contributed by atoms with Crippen molar-refractivity contribution in [1.29, 1.82) is 0 Å². The number of aromatic nitrogens is 1. The predicted octanol–water partition coefficient (Wildman–Crippen LogP) is 3.97. The second kappa shape index (κ2) is 7.99. The van der Waals surface area contributed by atoms with Crippen LogP contribution in [0.2, 0.25) is 0 Å². The normalized spacial score (nSPS) is 18.9. The lowest BCUT2D eigenvalue weighted by Gasteiger charge is -2.22. The van der Waals surface area contributed by atoms with Gasteiger partial charge in [0.05, 0.1) is 5.69 Å². The molecule has 20 heavy (non-hydrogen) atoms. The molecule has 2 heterocycles. The summed E-state index contributed by atoms with van der Waals surface area (Å²) in [5, 5.41) is 4.80. The van der Waals surface area contributed by atoms with E-state index in [4.69, 9.17) is 4.98 Å². The Kier molecular flexibility index (Phi) is 6.30. The lowest BCUT2D eigenvalue weighted by atomic mass is 10.2. The summed E-state index contributed by atoms with van der Waals surface area (Å²) >= 11 is 1.92. The topological polar surface area (TPSA) is 28.2 Å². The van der Waals surface area contributed by atoms with Gasteiger partial charge >= 0.3 is 0 Å². The number of anilines is 1. The lowest BCUT2D eigenvalue weighted by Crippen LogP contribution is -2.28. The molecule has 1 unspecified atom stereocenters. The van der Waals surface area contributed by atoms with E-state index in [0.717, 1.165) is 19.5 Å². The molecule has 4 heteroatoms. The fourth-order valence-electron chi connectivity index (χ4n) is 2.95. The summed E-state index contributed by atoms with van der Waals surface area (Å²) in [6, 6.07) is 0.715. The SMILES string of the molecule is CCCNCc1sc(N2CCCC2CC)nc1CCC. The summed E-state index contributed by atoms with van der Waals surface area (Å²) in [6.45, 7) is 10.0. The molecule has 114 valence electrons. The van der Waals surface area contributed by atoms with Crippen LogP contribution in [0.5, 0.6) is 0 Å². The van der Waals surface area contributed by atoms with Gasteiger partial charge in [-0.05, 0) is 38.6 Å². The van der Waals surface area contributed by atoms with Gasteiger partial charge in [-0.25, -0.2) is 4.98 Å².